The van der Waals surface area contributed by atoms with Gasteiger partial charge < -0.3 is 19.7 Å². The van der Waals surface area contributed by atoms with Crippen LogP contribution in [0, 0.1) is 0 Å². The van der Waals surface area contributed by atoms with E-state index in [-0.39, 0.29) is 11.8 Å². The second-order valence-electron chi connectivity index (χ2n) is 6.38. The molecule has 0 fully saturated rings. The third-order valence-electron chi connectivity index (χ3n) is 4.60. The van der Waals surface area contributed by atoms with Gasteiger partial charge in [0, 0.05) is 35.5 Å². The molecule has 6 nitrogen and oxygen atoms in total. The zero-order chi connectivity index (χ0) is 21.4. The SMILES string of the molecule is C=CCc1cc(C(=O)Nc2cccc(C(=O)N(CC)CC)c2)cc(OC)c1OC. The molecule has 0 aliphatic carbocycles. The number of allylic oxidation sites excluding steroid dienone is 1. The molecule has 0 aliphatic heterocycles. The molecular formula is C23H28N2O4. The van der Waals surface area contributed by atoms with Gasteiger partial charge in [0.1, 0.15) is 0 Å². The summed E-state index contributed by atoms with van der Waals surface area (Å²) in [5.74, 6) is 0.687. The van der Waals surface area contributed by atoms with Crippen LogP contribution in [0.15, 0.2) is 49.1 Å². The molecule has 0 aromatic heterocycles. The average molecular weight is 396 g/mol. The number of nitrogens with one attached hydrogen (secondary N) is 1. The fraction of sp³-hybridized carbons (Fsp3) is 0.304. The molecule has 6 heteroatoms. The molecule has 0 bridgehead atoms. The highest BCUT2D eigenvalue weighted by molar-refractivity contribution is 6.05. The number of ether oxygens (including phenoxy) is 2. The Hall–Kier alpha value is -3.28. The lowest BCUT2D eigenvalue weighted by Gasteiger charge is -2.19. The van der Waals surface area contributed by atoms with Crippen molar-refractivity contribution in [2.45, 2.75) is 20.3 Å². The highest BCUT2D eigenvalue weighted by Crippen LogP contribution is 2.33. The molecule has 1 N–H and O–H groups in total. The highest BCUT2D eigenvalue weighted by atomic mass is 16.5. The maximum absolute atomic E-state index is 12.8. The molecule has 29 heavy (non-hydrogen) atoms. The van der Waals surface area contributed by atoms with E-state index in [0.29, 0.717) is 47.8 Å². The van der Waals surface area contributed by atoms with Crippen LogP contribution in [0.1, 0.15) is 40.1 Å². The molecule has 0 saturated carbocycles. The smallest absolute Gasteiger partial charge is 0.255 e. The fourth-order valence-corrected chi connectivity index (χ4v) is 3.11. The average Bonchev–Trinajstić information content (AvgIpc) is 2.74. The largest absolute Gasteiger partial charge is 0.493 e. The summed E-state index contributed by atoms with van der Waals surface area (Å²) in [6.45, 7) is 8.88. The third-order valence-corrected chi connectivity index (χ3v) is 4.60. The number of methoxy groups -OCH3 is 2. The summed E-state index contributed by atoms with van der Waals surface area (Å²) >= 11 is 0. The van der Waals surface area contributed by atoms with E-state index < -0.39 is 0 Å². The van der Waals surface area contributed by atoms with Gasteiger partial charge in [-0.25, -0.2) is 0 Å². The van der Waals surface area contributed by atoms with E-state index in [1.54, 1.807) is 54.5 Å². The quantitative estimate of drug-likeness (QED) is 0.646. The molecule has 0 spiro atoms. The molecule has 2 amide bonds. The van der Waals surface area contributed by atoms with Gasteiger partial charge in [-0.3, -0.25) is 9.59 Å². The van der Waals surface area contributed by atoms with Gasteiger partial charge >= 0.3 is 0 Å². The number of carbonyl (C=O) groups is 2. The molecule has 154 valence electrons. The second-order valence-corrected chi connectivity index (χ2v) is 6.38. The van der Waals surface area contributed by atoms with Crippen LogP contribution in [0.3, 0.4) is 0 Å². The molecule has 0 unspecified atom stereocenters. The minimum absolute atomic E-state index is 0.0644. The van der Waals surface area contributed by atoms with Crippen molar-refractivity contribution in [3.8, 4) is 11.5 Å². The lowest BCUT2D eigenvalue weighted by Crippen LogP contribution is -2.30. The summed E-state index contributed by atoms with van der Waals surface area (Å²) in [7, 11) is 3.09. The van der Waals surface area contributed by atoms with Crippen molar-refractivity contribution in [1.82, 2.24) is 4.90 Å². The Bertz CT molecular complexity index is 888. The van der Waals surface area contributed by atoms with Crippen LogP contribution in [0.2, 0.25) is 0 Å². The Morgan fingerprint density at radius 2 is 1.79 bits per heavy atom. The number of hydrogen-bond donors (Lipinski definition) is 1. The predicted octanol–water partition coefficient (Wildman–Crippen LogP) is 4.17. The highest BCUT2D eigenvalue weighted by Gasteiger charge is 2.17. The Labute approximate surface area is 172 Å². The van der Waals surface area contributed by atoms with Crippen LogP contribution in [0.25, 0.3) is 0 Å². The van der Waals surface area contributed by atoms with Crippen molar-refractivity contribution in [3.63, 3.8) is 0 Å². The lowest BCUT2D eigenvalue weighted by atomic mass is 10.0. The zero-order valence-electron chi connectivity index (χ0n) is 17.5. The van der Waals surface area contributed by atoms with E-state index >= 15 is 0 Å². The molecule has 0 saturated heterocycles. The zero-order valence-corrected chi connectivity index (χ0v) is 17.5. The molecule has 0 heterocycles. The van der Waals surface area contributed by atoms with Crippen molar-refractivity contribution in [1.29, 1.82) is 0 Å². The number of nitrogens with zero attached hydrogens (tertiary/aromatic N) is 1. The Morgan fingerprint density at radius 1 is 1.07 bits per heavy atom. The molecule has 2 rings (SSSR count). The number of hydrogen-bond acceptors (Lipinski definition) is 4. The van der Waals surface area contributed by atoms with E-state index in [1.165, 1.54) is 7.11 Å². The second kappa shape index (κ2) is 10.3. The minimum atomic E-state index is -0.302. The molecule has 0 atom stereocenters. The van der Waals surface area contributed by atoms with Gasteiger partial charge in [0.05, 0.1) is 14.2 Å². The van der Waals surface area contributed by atoms with Crippen LogP contribution in [0.5, 0.6) is 11.5 Å². The summed E-state index contributed by atoms with van der Waals surface area (Å²) in [4.78, 5) is 27.1. The molecule has 2 aromatic rings. The summed E-state index contributed by atoms with van der Waals surface area (Å²) in [6, 6.07) is 10.3. The fourth-order valence-electron chi connectivity index (χ4n) is 3.11. The van der Waals surface area contributed by atoms with Gasteiger partial charge in [-0.15, -0.1) is 6.58 Å². The molecular weight excluding hydrogens is 368 g/mol. The van der Waals surface area contributed by atoms with E-state index in [4.69, 9.17) is 9.47 Å². The van der Waals surface area contributed by atoms with Crippen molar-refractivity contribution >= 4 is 17.5 Å². The molecule has 0 aliphatic rings. The molecule has 0 radical (unpaired) electrons. The topological polar surface area (TPSA) is 67.9 Å². The number of rotatable bonds is 9. The summed E-state index contributed by atoms with van der Waals surface area (Å²) in [6.07, 6.45) is 2.27. The Morgan fingerprint density at radius 3 is 2.38 bits per heavy atom. The van der Waals surface area contributed by atoms with E-state index in [1.807, 2.05) is 13.8 Å². The van der Waals surface area contributed by atoms with Gasteiger partial charge in [-0.2, -0.15) is 0 Å². The minimum Gasteiger partial charge on any atom is -0.493 e. The first-order valence-corrected chi connectivity index (χ1v) is 9.55. The van der Waals surface area contributed by atoms with Crippen molar-refractivity contribution < 1.29 is 19.1 Å². The van der Waals surface area contributed by atoms with Crippen LogP contribution in [-0.2, 0) is 6.42 Å². The first-order chi connectivity index (χ1) is 14.0. The number of carbonyl (C=O) groups excluding carboxylic acids is 2. The standard InChI is InChI=1S/C23H28N2O4/c1-6-10-16-13-18(15-20(28-4)21(16)29-5)22(26)24-19-12-9-11-17(14-19)23(27)25(7-2)8-3/h6,9,11-15H,1,7-8,10H2,2-5H3,(H,24,26). The van der Waals surface area contributed by atoms with Gasteiger partial charge in [-0.05, 0) is 50.6 Å². The van der Waals surface area contributed by atoms with Gasteiger partial charge in [0.25, 0.3) is 11.8 Å². The normalized spacial score (nSPS) is 10.2. The maximum atomic E-state index is 12.8. The van der Waals surface area contributed by atoms with Crippen LogP contribution < -0.4 is 14.8 Å². The monoisotopic (exact) mass is 396 g/mol. The summed E-state index contributed by atoms with van der Waals surface area (Å²) < 4.78 is 10.8. The number of amides is 2. The van der Waals surface area contributed by atoms with E-state index in [9.17, 15) is 9.59 Å². The van der Waals surface area contributed by atoms with E-state index in [2.05, 4.69) is 11.9 Å². The lowest BCUT2D eigenvalue weighted by molar-refractivity contribution is 0.0772. The number of benzene rings is 2. The van der Waals surface area contributed by atoms with Crippen LogP contribution in [-0.4, -0.2) is 44.0 Å². The van der Waals surface area contributed by atoms with Gasteiger partial charge in [0.2, 0.25) is 0 Å². The van der Waals surface area contributed by atoms with Crippen molar-refractivity contribution in [3.05, 3.63) is 65.7 Å². The summed E-state index contributed by atoms with van der Waals surface area (Å²) in [5.41, 5.74) is 2.32. The number of anilines is 1. The van der Waals surface area contributed by atoms with E-state index in [0.717, 1.165) is 5.56 Å². The third kappa shape index (κ3) is 5.16. The predicted molar refractivity (Wildman–Crippen MR) is 115 cm³/mol. The molecule has 2 aromatic carbocycles. The van der Waals surface area contributed by atoms with Crippen LogP contribution in [0.4, 0.5) is 5.69 Å². The van der Waals surface area contributed by atoms with Gasteiger partial charge in [0.15, 0.2) is 11.5 Å². The van der Waals surface area contributed by atoms with Gasteiger partial charge in [-0.1, -0.05) is 12.1 Å². The first kappa shape index (κ1) is 22.0. The Kier molecular flexibility index (Phi) is 7.83. The van der Waals surface area contributed by atoms with Crippen molar-refractivity contribution in [2.75, 3.05) is 32.6 Å². The van der Waals surface area contributed by atoms with Crippen LogP contribution >= 0.6 is 0 Å². The Balaban J connectivity index is 2.31. The summed E-state index contributed by atoms with van der Waals surface area (Å²) in [5, 5.41) is 2.85. The van der Waals surface area contributed by atoms with Crippen molar-refractivity contribution in [2.24, 2.45) is 0 Å². The maximum Gasteiger partial charge on any atom is 0.255 e. The first-order valence-electron chi connectivity index (χ1n) is 9.55.